The Balaban J connectivity index is 1.28. The highest BCUT2D eigenvalue weighted by Gasteiger charge is 2.24. The van der Waals surface area contributed by atoms with Crippen LogP contribution in [0.2, 0.25) is 0 Å². The second-order valence-corrected chi connectivity index (χ2v) is 6.54. The standard InChI is InChI=1S/C19H20N6O4/c26-18(13-29-16-6-4-15(5-7-16)25-14-20-21-22-25)23-8-2-9-24(11-10-23)19(27)17-3-1-12-28-17/h1,3-7,12,14H,2,8-11,13H2. The molecule has 3 aromatic rings. The third-order valence-corrected chi connectivity index (χ3v) is 4.68. The van der Waals surface area contributed by atoms with E-state index >= 15 is 0 Å². The molecule has 0 spiro atoms. The zero-order chi connectivity index (χ0) is 20.1. The molecule has 1 saturated heterocycles. The number of amides is 2. The van der Waals surface area contributed by atoms with Crippen LogP contribution in [-0.2, 0) is 4.79 Å². The van der Waals surface area contributed by atoms with Crippen molar-refractivity contribution in [2.45, 2.75) is 6.42 Å². The smallest absolute Gasteiger partial charge is 0.289 e. The Bertz CT molecular complexity index is 940. The predicted octanol–water partition coefficient (Wildman–Crippen LogP) is 1.01. The van der Waals surface area contributed by atoms with E-state index < -0.39 is 0 Å². The summed E-state index contributed by atoms with van der Waals surface area (Å²) in [4.78, 5) is 28.4. The molecule has 0 radical (unpaired) electrons. The van der Waals surface area contributed by atoms with Crippen molar-refractivity contribution in [2.24, 2.45) is 0 Å². The Kier molecular flexibility index (Phi) is 5.50. The van der Waals surface area contributed by atoms with E-state index in [2.05, 4.69) is 15.5 Å². The Hall–Kier alpha value is -3.69. The Morgan fingerprint density at radius 2 is 1.83 bits per heavy atom. The number of rotatable bonds is 5. The Morgan fingerprint density at radius 1 is 1.03 bits per heavy atom. The van der Waals surface area contributed by atoms with Gasteiger partial charge in [-0.1, -0.05) is 0 Å². The maximum absolute atomic E-state index is 12.5. The summed E-state index contributed by atoms with van der Waals surface area (Å²) in [7, 11) is 0. The van der Waals surface area contributed by atoms with E-state index in [-0.39, 0.29) is 18.4 Å². The van der Waals surface area contributed by atoms with Crippen molar-refractivity contribution < 1.29 is 18.7 Å². The zero-order valence-corrected chi connectivity index (χ0v) is 15.7. The van der Waals surface area contributed by atoms with Crippen LogP contribution in [0, 0.1) is 0 Å². The molecule has 0 aliphatic carbocycles. The second kappa shape index (κ2) is 8.55. The Labute approximate surface area is 166 Å². The lowest BCUT2D eigenvalue weighted by molar-refractivity contribution is -0.133. The third kappa shape index (κ3) is 4.42. The van der Waals surface area contributed by atoms with Gasteiger partial charge in [0.15, 0.2) is 12.4 Å². The fraction of sp³-hybridized carbons (Fsp3) is 0.316. The number of hydrogen-bond acceptors (Lipinski definition) is 7. The molecule has 10 nitrogen and oxygen atoms in total. The van der Waals surface area contributed by atoms with Crippen molar-refractivity contribution in [2.75, 3.05) is 32.8 Å². The predicted molar refractivity (Wildman–Crippen MR) is 100 cm³/mol. The molecule has 0 atom stereocenters. The maximum Gasteiger partial charge on any atom is 0.289 e. The van der Waals surface area contributed by atoms with Crippen LogP contribution >= 0.6 is 0 Å². The quantitative estimate of drug-likeness (QED) is 0.633. The van der Waals surface area contributed by atoms with Gasteiger partial charge in [0.25, 0.3) is 11.8 Å². The van der Waals surface area contributed by atoms with Crippen LogP contribution < -0.4 is 4.74 Å². The van der Waals surface area contributed by atoms with E-state index in [9.17, 15) is 9.59 Å². The SMILES string of the molecule is O=C(COc1ccc(-n2cnnn2)cc1)N1CCCN(C(=O)c2ccco2)CC1. The lowest BCUT2D eigenvalue weighted by Gasteiger charge is -2.21. The van der Waals surface area contributed by atoms with E-state index in [0.29, 0.717) is 44.1 Å². The molecule has 29 heavy (non-hydrogen) atoms. The van der Waals surface area contributed by atoms with Crippen LogP contribution in [0.3, 0.4) is 0 Å². The molecule has 150 valence electrons. The van der Waals surface area contributed by atoms with Gasteiger partial charge in [0.2, 0.25) is 0 Å². The molecular formula is C19H20N6O4. The summed E-state index contributed by atoms with van der Waals surface area (Å²) in [5, 5.41) is 11.0. The van der Waals surface area contributed by atoms with Gasteiger partial charge < -0.3 is 19.0 Å². The van der Waals surface area contributed by atoms with Crippen molar-refractivity contribution >= 4 is 11.8 Å². The molecule has 1 aliphatic heterocycles. The van der Waals surface area contributed by atoms with Gasteiger partial charge >= 0.3 is 0 Å². The summed E-state index contributed by atoms with van der Waals surface area (Å²) in [6.07, 6.45) is 3.69. The summed E-state index contributed by atoms with van der Waals surface area (Å²) < 4.78 is 12.3. The monoisotopic (exact) mass is 396 g/mol. The molecule has 10 heteroatoms. The largest absolute Gasteiger partial charge is 0.484 e. The average Bonchev–Trinajstić information content (AvgIpc) is 3.43. The molecule has 2 aromatic heterocycles. The molecule has 1 aliphatic rings. The van der Waals surface area contributed by atoms with Crippen molar-refractivity contribution in [1.29, 1.82) is 0 Å². The highest BCUT2D eigenvalue weighted by molar-refractivity contribution is 5.91. The first-order valence-corrected chi connectivity index (χ1v) is 9.27. The van der Waals surface area contributed by atoms with Crippen LogP contribution in [-0.4, -0.2) is 74.6 Å². The van der Waals surface area contributed by atoms with Gasteiger partial charge in [0.05, 0.1) is 12.0 Å². The first-order chi connectivity index (χ1) is 14.2. The molecule has 0 unspecified atom stereocenters. The summed E-state index contributed by atoms with van der Waals surface area (Å²) in [6, 6.07) is 10.5. The van der Waals surface area contributed by atoms with Gasteiger partial charge in [-0.05, 0) is 53.2 Å². The van der Waals surface area contributed by atoms with Gasteiger partial charge in [-0.25, -0.2) is 4.68 Å². The lowest BCUT2D eigenvalue weighted by Crippen LogP contribution is -2.39. The van der Waals surface area contributed by atoms with Crippen LogP contribution in [0.15, 0.2) is 53.4 Å². The number of tetrazole rings is 1. The summed E-state index contributed by atoms with van der Waals surface area (Å²) >= 11 is 0. The Morgan fingerprint density at radius 3 is 2.55 bits per heavy atom. The van der Waals surface area contributed by atoms with E-state index in [1.807, 2.05) is 0 Å². The van der Waals surface area contributed by atoms with Crippen LogP contribution in [0.5, 0.6) is 5.75 Å². The molecule has 2 amide bonds. The lowest BCUT2D eigenvalue weighted by atomic mass is 10.3. The number of nitrogens with zero attached hydrogens (tertiary/aromatic N) is 6. The molecule has 0 N–H and O–H groups in total. The molecule has 3 heterocycles. The summed E-state index contributed by atoms with van der Waals surface area (Å²) in [5.74, 6) is 0.642. The first kappa shape index (κ1) is 18.7. The summed E-state index contributed by atoms with van der Waals surface area (Å²) in [5.41, 5.74) is 0.794. The number of carbonyl (C=O) groups is 2. The number of furan rings is 1. The molecule has 1 aromatic carbocycles. The van der Waals surface area contributed by atoms with Crippen molar-refractivity contribution in [1.82, 2.24) is 30.0 Å². The van der Waals surface area contributed by atoms with Crippen LogP contribution in [0.4, 0.5) is 0 Å². The van der Waals surface area contributed by atoms with E-state index in [1.54, 1.807) is 46.2 Å². The maximum atomic E-state index is 12.5. The summed E-state index contributed by atoms with van der Waals surface area (Å²) in [6.45, 7) is 2.04. The van der Waals surface area contributed by atoms with Crippen molar-refractivity contribution in [3.05, 3.63) is 54.7 Å². The molecule has 0 saturated carbocycles. The first-order valence-electron chi connectivity index (χ1n) is 9.27. The minimum atomic E-state index is -0.150. The van der Waals surface area contributed by atoms with Crippen molar-refractivity contribution in [3.8, 4) is 11.4 Å². The molecule has 4 rings (SSSR count). The van der Waals surface area contributed by atoms with E-state index in [0.717, 1.165) is 5.69 Å². The van der Waals surface area contributed by atoms with E-state index in [1.165, 1.54) is 17.3 Å². The average molecular weight is 396 g/mol. The number of benzene rings is 1. The van der Waals surface area contributed by atoms with Gasteiger partial charge in [0, 0.05) is 26.2 Å². The molecule has 0 bridgehead atoms. The fourth-order valence-electron chi connectivity index (χ4n) is 3.14. The zero-order valence-electron chi connectivity index (χ0n) is 15.7. The van der Waals surface area contributed by atoms with Gasteiger partial charge in [-0.15, -0.1) is 5.10 Å². The van der Waals surface area contributed by atoms with Gasteiger partial charge in [-0.3, -0.25) is 9.59 Å². The normalized spacial score (nSPS) is 14.5. The van der Waals surface area contributed by atoms with Gasteiger partial charge in [0.1, 0.15) is 12.1 Å². The minimum Gasteiger partial charge on any atom is -0.484 e. The van der Waals surface area contributed by atoms with Crippen molar-refractivity contribution in [3.63, 3.8) is 0 Å². The topological polar surface area (TPSA) is 107 Å². The number of aromatic nitrogens is 4. The number of carbonyl (C=O) groups excluding carboxylic acids is 2. The van der Waals surface area contributed by atoms with E-state index in [4.69, 9.17) is 9.15 Å². The molecular weight excluding hydrogens is 376 g/mol. The number of ether oxygens (including phenoxy) is 1. The number of hydrogen-bond donors (Lipinski definition) is 0. The van der Waals surface area contributed by atoms with Gasteiger partial charge in [-0.2, -0.15) is 0 Å². The third-order valence-electron chi connectivity index (χ3n) is 4.68. The highest BCUT2D eigenvalue weighted by atomic mass is 16.5. The van der Waals surface area contributed by atoms with Crippen LogP contribution in [0.25, 0.3) is 5.69 Å². The molecule has 1 fully saturated rings. The van der Waals surface area contributed by atoms with Crippen LogP contribution in [0.1, 0.15) is 17.0 Å². The second-order valence-electron chi connectivity index (χ2n) is 6.54. The minimum absolute atomic E-state index is 0.0592. The highest BCUT2D eigenvalue weighted by Crippen LogP contribution is 2.15. The fourth-order valence-corrected chi connectivity index (χ4v) is 3.14.